The van der Waals surface area contributed by atoms with Crippen molar-refractivity contribution in [1.82, 2.24) is 4.98 Å². The zero-order chi connectivity index (χ0) is 11.7. The molecule has 0 saturated carbocycles. The summed E-state index contributed by atoms with van der Waals surface area (Å²) in [5.74, 6) is 0.688. The van der Waals surface area contributed by atoms with E-state index in [-0.39, 0.29) is 0 Å². The van der Waals surface area contributed by atoms with Crippen LogP contribution >= 0.6 is 0 Å². The lowest BCUT2D eigenvalue weighted by Crippen LogP contribution is -2.29. The van der Waals surface area contributed by atoms with Gasteiger partial charge in [0.2, 0.25) is 5.88 Å². The summed E-state index contributed by atoms with van der Waals surface area (Å²) in [6.07, 6.45) is 6.10. The fourth-order valence-corrected chi connectivity index (χ4v) is 2.37. The van der Waals surface area contributed by atoms with Crippen LogP contribution in [0.2, 0.25) is 0 Å². The molecule has 0 unspecified atom stereocenters. The molecule has 1 saturated heterocycles. The van der Waals surface area contributed by atoms with Gasteiger partial charge in [0, 0.05) is 19.3 Å². The number of fused-ring (bicyclic) bond motifs is 1. The molecule has 0 N–H and O–H groups in total. The van der Waals surface area contributed by atoms with Crippen molar-refractivity contribution in [1.29, 1.82) is 0 Å². The van der Waals surface area contributed by atoms with Gasteiger partial charge in [-0.05, 0) is 31.4 Å². The zero-order valence-corrected chi connectivity index (χ0v) is 9.56. The fourth-order valence-electron chi connectivity index (χ4n) is 2.37. The molecule has 1 fully saturated rings. The summed E-state index contributed by atoms with van der Waals surface area (Å²) in [5.41, 5.74) is 1.95. The van der Waals surface area contributed by atoms with Crippen LogP contribution in [0.1, 0.15) is 29.6 Å². The van der Waals surface area contributed by atoms with Gasteiger partial charge in [0.15, 0.2) is 11.9 Å². The van der Waals surface area contributed by atoms with E-state index in [1.807, 2.05) is 12.1 Å². The highest BCUT2D eigenvalue weighted by Crippen LogP contribution is 2.31. The number of aromatic nitrogens is 1. The molecule has 4 heteroatoms. The van der Waals surface area contributed by atoms with E-state index >= 15 is 0 Å². The molecule has 17 heavy (non-hydrogen) atoms. The molecule has 3 heterocycles. The Morgan fingerprint density at radius 2 is 2.12 bits per heavy atom. The van der Waals surface area contributed by atoms with Crippen molar-refractivity contribution in [2.75, 3.05) is 18.0 Å². The maximum atomic E-state index is 11.2. The minimum absolute atomic E-state index is 0.586. The van der Waals surface area contributed by atoms with E-state index in [2.05, 4.69) is 9.88 Å². The van der Waals surface area contributed by atoms with E-state index in [1.165, 1.54) is 6.42 Å². The maximum Gasteiger partial charge on any atom is 0.209 e. The first-order valence-corrected chi connectivity index (χ1v) is 5.98. The van der Waals surface area contributed by atoms with Crippen molar-refractivity contribution in [3.8, 4) is 0 Å². The molecule has 4 nitrogen and oxygen atoms in total. The number of rotatable bonds is 2. The number of carbonyl (C=O) groups excluding carboxylic acids is 1. The summed E-state index contributed by atoms with van der Waals surface area (Å²) in [5, 5.41) is 0. The normalized spacial score (nSPS) is 16.4. The van der Waals surface area contributed by atoms with Crippen LogP contribution in [0.15, 0.2) is 22.7 Å². The average Bonchev–Trinajstić information content (AvgIpc) is 2.78. The first kappa shape index (κ1) is 10.3. The van der Waals surface area contributed by atoms with Gasteiger partial charge in [-0.15, -0.1) is 0 Å². The Bertz CT molecular complexity index is 541. The van der Waals surface area contributed by atoms with E-state index in [4.69, 9.17) is 4.42 Å². The predicted molar refractivity (Wildman–Crippen MR) is 65.5 cm³/mol. The Morgan fingerprint density at radius 1 is 1.29 bits per heavy atom. The first-order chi connectivity index (χ1) is 8.40. The SMILES string of the molecule is O=Cc1c(N2CCCCC2)oc2cccnc12. The first-order valence-electron chi connectivity index (χ1n) is 5.98. The number of nitrogens with zero attached hydrogens (tertiary/aromatic N) is 2. The van der Waals surface area contributed by atoms with Gasteiger partial charge in [0.1, 0.15) is 11.1 Å². The monoisotopic (exact) mass is 230 g/mol. The molecular weight excluding hydrogens is 216 g/mol. The molecule has 88 valence electrons. The number of anilines is 1. The van der Waals surface area contributed by atoms with Gasteiger partial charge in [-0.3, -0.25) is 9.78 Å². The highest BCUT2D eigenvalue weighted by atomic mass is 16.4. The molecular formula is C13H14N2O2. The molecule has 0 spiro atoms. The molecule has 1 aliphatic heterocycles. The summed E-state index contributed by atoms with van der Waals surface area (Å²) >= 11 is 0. The molecule has 0 atom stereocenters. The number of hydrogen-bond acceptors (Lipinski definition) is 4. The maximum absolute atomic E-state index is 11.2. The summed E-state index contributed by atoms with van der Waals surface area (Å²) in [7, 11) is 0. The molecule has 0 aliphatic carbocycles. The van der Waals surface area contributed by atoms with E-state index in [0.717, 1.165) is 32.2 Å². The molecule has 0 amide bonds. The number of hydrogen-bond donors (Lipinski definition) is 0. The molecule has 0 bridgehead atoms. The summed E-state index contributed by atoms with van der Waals surface area (Å²) in [6.45, 7) is 1.92. The Balaban J connectivity index is 2.11. The van der Waals surface area contributed by atoms with E-state index < -0.39 is 0 Å². The lowest BCUT2D eigenvalue weighted by molar-refractivity contribution is 0.112. The van der Waals surface area contributed by atoms with Crippen molar-refractivity contribution < 1.29 is 9.21 Å². The van der Waals surface area contributed by atoms with Crippen LogP contribution in [0, 0.1) is 0 Å². The number of aldehydes is 1. The molecule has 0 radical (unpaired) electrons. The highest BCUT2D eigenvalue weighted by molar-refractivity contribution is 5.99. The standard InChI is InChI=1S/C13H14N2O2/c16-9-10-12-11(5-4-6-14-12)17-13(10)15-7-2-1-3-8-15/h4-6,9H,1-3,7-8H2. The van der Waals surface area contributed by atoms with Crippen LogP contribution in [0.25, 0.3) is 11.1 Å². The molecule has 1 aliphatic rings. The molecule has 0 aromatic carbocycles. The molecule has 3 rings (SSSR count). The van der Waals surface area contributed by atoms with E-state index in [1.54, 1.807) is 6.20 Å². The minimum atomic E-state index is 0.586. The van der Waals surface area contributed by atoms with Gasteiger partial charge >= 0.3 is 0 Å². The second-order valence-electron chi connectivity index (χ2n) is 4.34. The summed E-state index contributed by atoms with van der Waals surface area (Å²) in [4.78, 5) is 17.6. The fraction of sp³-hybridized carbons (Fsp3) is 0.385. The zero-order valence-electron chi connectivity index (χ0n) is 9.56. The predicted octanol–water partition coefficient (Wildman–Crippen LogP) is 2.63. The third kappa shape index (κ3) is 1.69. The highest BCUT2D eigenvalue weighted by Gasteiger charge is 2.21. The third-order valence-electron chi connectivity index (χ3n) is 3.22. The summed E-state index contributed by atoms with van der Waals surface area (Å²) in [6, 6.07) is 3.67. The third-order valence-corrected chi connectivity index (χ3v) is 3.22. The Morgan fingerprint density at radius 3 is 2.88 bits per heavy atom. The van der Waals surface area contributed by atoms with Crippen LogP contribution in [0.5, 0.6) is 0 Å². The number of furan rings is 1. The number of piperidine rings is 1. The van der Waals surface area contributed by atoms with Crippen LogP contribution in [0.3, 0.4) is 0 Å². The minimum Gasteiger partial charge on any atom is -0.438 e. The van der Waals surface area contributed by atoms with Gasteiger partial charge < -0.3 is 9.32 Å². The Hall–Kier alpha value is -1.84. The van der Waals surface area contributed by atoms with Crippen LogP contribution in [-0.4, -0.2) is 24.4 Å². The van der Waals surface area contributed by atoms with E-state index in [9.17, 15) is 4.79 Å². The Labute approximate surface area is 99.2 Å². The van der Waals surface area contributed by atoms with E-state index in [0.29, 0.717) is 22.5 Å². The lowest BCUT2D eigenvalue weighted by atomic mass is 10.1. The van der Waals surface area contributed by atoms with Crippen molar-refractivity contribution in [2.45, 2.75) is 19.3 Å². The van der Waals surface area contributed by atoms with Crippen molar-refractivity contribution in [2.24, 2.45) is 0 Å². The van der Waals surface area contributed by atoms with Gasteiger partial charge in [-0.25, -0.2) is 0 Å². The van der Waals surface area contributed by atoms with Gasteiger partial charge in [-0.1, -0.05) is 0 Å². The van der Waals surface area contributed by atoms with Crippen molar-refractivity contribution >= 4 is 23.3 Å². The van der Waals surface area contributed by atoms with Crippen LogP contribution in [-0.2, 0) is 0 Å². The molecule has 2 aromatic rings. The largest absolute Gasteiger partial charge is 0.438 e. The Kier molecular flexibility index (Phi) is 2.55. The molecule has 2 aromatic heterocycles. The van der Waals surface area contributed by atoms with Crippen molar-refractivity contribution in [3.05, 3.63) is 23.9 Å². The van der Waals surface area contributed by atoms with Crippen LogP contribution in [0.4, 0.5) is 5.88 Å². The van der Waals surface area contributed by atoms with Gasteiger partial charge in [0.25, 0.3) is 0 Å². The topological polar surface area (TPSA) is 46.3 Å². The number of pyridine rings is 1. The average molecular weight is 230 g/mol. The lowest BCUT2D eigenvalue weighted by Gasteiger charge is -2.26. The number of carbonyl (C=O) groups is 1. The quantitative estimate of drug-likeness (QED) is 0.744. The van der Waals surface area contributed by atoms with Gasteiger partial charge in [-0.2, -0.15) is 0 Å². The van der Waals surface area contributed by atoms with Crippen LogP contribution < -0.4 is 4.90 Å². The van der Waals surface area contributed by atoms with Crippen molar-refractivity contribution in [3.63, 3.8) is 0 Å². The summed E-state index contributed by atoms with van der Waals surface area (Å²) < 4.78 is 5.76. The smallest absolute Gasteiger partial charge is 0.209 e. The second kappa shape index (κ2) is 4.20. The van der Waals surface area contributed by atoms with Gasteiger partial charge in [0.05, 0.1) is 0 Å². The second-order valence-corrected chi connectivity index (χ2v) is 4.34.